The Morgan fingerprint density at radius 3 is 3.00 bits per heavy atom. The van der Waals surface area contributed by atoms with Crippen LogP contribution in [0, 0.1) is 11.3 Å². The van der Waals surface area contributed by atoms with Crippen LogP contribution >= 0.6 is 0 Å². The molecule has 0 spiro atoms. The molecule has 0 aromatic rings. The molecular formula is C11H19NO. The van der Waals surface area contributed by atoms with Gasteiger partial charge in [0.15, 0.2) is 0 Å². The first kappa shape index (κ1) is 8.25. The van der Waals surface area contributed by atoms with E-state index in [2.05, 4.69) is 6.92 Å². The number of hydrogen-bond acceptors (Lipinski definition) is 2. The third kappa shape index (κ3) is 0.816. The van der Waals surface area contributed by atoms with Crippen molar-refractivity contribution in [2.45, 2.75) is 50.7 Å². The van der Waals surface area contributed by atoms with Crippen molar-refractivity contribution in [2.75, 3.05) is 6.61 Å². The predicted molar refractivity (Wildman–Crippen MR) is 51.3 cm³/mol. The highest BCUT2D eigenvalue weighted by atomic mass is 16.5. The van der Waals surface area contributed by atoms with Crippen molar-refractivity contribution in [3.05, 3.63) is 0 Å². The molecule has 2 heteroatoms. The third-order valence-electron chi connectivity index (χ3n) is 4.96. The highest BCUT2D eigenvalue weighted by Crippen LogP contribution is 2.61. The molecule has 2 bridgehead atoms. The summed E-state index contributed by atoms with van der Waals surface area (Å²) < 4.78 is 6.01. The molecule has 2 nitrogen and oxygen atoms in total. The third-order valence-corrected chi connectivity index (χ3v) is 4.96. The average Bonchev–Trinajstić information content (AvgIpc) is 2.60. The second kappa shape index (κ2) is 2.29. The highest BCUT2D eigenvalue weighted by molar-refractivity contribution is 5.13. The van der Waals surface area contributed by atoms with Crippen molar-refractivity contribution in [1.82, 2.24) is 0 Å². The van der Waals surface area contributed by atoms with E-state index in [0.29, 0.717) is 5.41 Å². The lowest BCUT2D eigenvalue weighted by Gasteiger charge is -2.43. The predicted octanol–water partition coefficient (Wildman–Crippen LogP) is 1.68. The minimum absolute atomic E-state index is 0.0226. The zero-order valence-electron chi connectivity index (χ0n) is 8.38. The fourth-order valence-corrected chi connectivity index (χ4v) is 4.07. The Morgan fingerprint density at radius 2 is 2.15 bits per heavy atom. The number of ether oxygens (including phenoxy) is 1. The van der Waals surface area contributed by atoms with Crippen LogP contribution in [0.25, 0.3) is 0 Å². The van der Waals surface area contributed by atoms with Gasteiger partial charge < -0.3 is 10.5 Å². The molecule has 0 radical (unpaired) electrons. The van der Waals surface area contributed by atoms with E-state index < -0.39 is 0 Å². The molecule has 1 saturated heterocycles. The Labute approximate surface area is 79.8 Å². The van der Waals surface area contributed by atoms with Crippen molar-refractivity contribution in [3.8, 4) is 0 Å². The summed E-state index contributed by atoms with van der Waals surface area (Å²) in [4.78, 5) is 0. The van der Waals surface area contributed by atoms with E-state index in [-0.39, 0.29) is 11.6 Å². The van der Waals surface area contributed by atoms with Gasteiger partial charge in [-0.2, -0.15) is 0 Å². The van der Waals surface area contributed by atoms with Crippen molar-refractivity contribution < 1.29 is 4.74 Å². The molecule has 0 aromatic carbocycles. The quantitative estimate of drug-likeness (QED) is 0.617. The van der Waals surface area contributed by atoms with Gasteiger partial charge in [-0.3, -0.25) is 0 Å². The molecule has 2 saturated carbocycles. The van der Waals surface area contributed by atoms with Crippen LogP contribution in [-0.2, 0) is 4.74 Å². The Kier molecular flexibility index (Phi) is 1.45. The van der Waals surface area contributed by atoms with Gasteiger partial charge in [-0.15, -0.1) is 0 Å². The van der Waals surface area contributed by atoms with Crippen LogP contribution in [0.5, 0.6) is 0 Å². The van der Waals surface area contributed by atoms with Crippen LogP contribution in [-0.4, -0.2) is 18.2 Å². The molecule has 0 aromatic heterocycles. The minimum Gasteiger partial charge on any atom is -0.373 e. The summed E-state index contributed by atoms with van der Waals surface area (Å²) in [5.74, 6) is 0.767. The molecule has 3 rings (SSSR count). The van der Waals surface area contributed by atoms with Crippen LogP contribution in [0.1, 0.15) is 39.0 Å². The average molecular weight is 181 g/mol. The van der Waals surface area contributed by atoms with Crippen LogP contribution < -0.4 is 5.73 Å². The second-order valence-electron chi connectivity index (χ2n) is 5.42. The lowest BCUT2D eigenvalue weighted by atomic mass is 9.63. The molecule has 0 unspecified atom stereocenters. The standard InChI is InChI=1S/C11H19NO/c1-10-8-3-2-5-11(8,7-13-10)6-4-9(10)12/h8-9H,2-7,12H2,1H3/t8-,9+,10+,11-/m1/s1. The lowest BCUT2D eigenvalue weighted by molar-refractivity contribution is -0.0325. The van der Waals surface area contributed by atoms with Crippen molar-refractivity contribution in [2.24, 2.45) is 17.1 Å². The Hall–Kier alpha value is -0.0800. The highest BCUT2D eigenvalue weighted by Gasteiger charge is 2.62. The molecule has 2 aliphatic carbocycles. The molecule has 4 atom stereocenters. The smallest absolute Gasteiger partial charge is 0.0839 e. The van der Waals surface area contributed by atoms with Crippen LogP contribution in [0.3, 0.4) is 0 Å². The molecule has 13 heavy (non-hydrogen) atoms. The van der Waals surface area contributed by atoms with E-state index >= 15 is 0 Å². The maximum atomic E-state index is 6.18. The van der Waals surface area contributed by atoms with E-state index in [1.165, 1.54) is 32.1 Å². The van der Waals surface area contributed by atoms with Gasteiger partial charge in [-0.05, 0) is 43.9 Å². The summed E-state index contributed by atoms with van der Waals surface area (Å²) in [5, 5.41) is 0. The first-order valence-corrected chi connectivity index (χ1v) is 5.57. The fourth-order valence-electron chi connectivity index (χ4n) is 4.07. The molecule has 0 amide bonds. The maximum Gasteiger partial charge on any atom is 0.0839 e. The lowest BCUT2D eigenvalue weighted by Crippen LogP contribution is -2.54. The van der Waals surface area contributed by atoms with Crippen molar-refractivity contribution in [3.63, 3.8) is 0 Å². The molecule has 3 fully saturated rings. The zero-order valence-corrected chi connectivity index (χ0v) is 8.38. The Morgan fingerprint density at radius 1 is 1.31 bits per heavy atom. The van der Waals surface area contributed by atoms with E-state index in [1.807, 2.05) is 0 Å². The molecule has 2 N–H and O–H groups in total. The van der Waals surface area contributed by atoms with Gasteiger partial charge in [0.1, 0.15) is 0 Å². The number of nitrogens with two attached hydrogens (primary N) is 1. The normalized spacial score (nSPS) is 59.5. The summed E-state index contributed by atoms with van der Waals surface area (Å²) in [6, 6.07) is 0.284. The summed E-state index contributed by atoms with van der Waals surface area (Å²) in [5.41, 5.74) is 6.75. The van der Waals surface area contributed by atoms with E-state index in [4.69, 9.17) is 10.5 Å². The van der Waals surface area contributed by atoms with Crippen LogP contribution in [0.15, 0.2) is 0 Å². The zero-order chi connectivity index (χ0) is 9.10. The van der Waals surface area contributed by atoms with Gasteiger partial charge in [0.05, 0.1) is 12.2 Å². The molecule has 1 aliphatic heterocycles. The fraction of sp³-hybridized carbons (Fsp3) is 1.00. The summed E-state index contributed by atoms with van der Waals surface area (Å²) in [6.45, 7) is 3.23. The largest absolute Gasteiger partial charge is 0.373 e. The van der Waals surface area contributed by atoms with Crippen molar-refractivity contribution in [1.29, 1.82) is 0 Å². The summed E-state index contributed by atoms with van der Waals surface area (Å²) >= 11 is 0. The second-order valence-corrected chi connectivity index (χ2v) is 5.42. The van der Waals surface area contributed by atoms with Crippen LogP contribution in [0.2, 0.25) is 0 Å². The van der Waals surface area contributed by atoms with Gasteiger partial charge in [-0.1, -0.05) is 6.42 Å². The maximum absolute atomic E-state index is 6.18. The summed E-state index contributed by atoms with van der Waals surface area (Å²) in [6.07, 6.45) is 6.63. The Bertz CT molecular complexity index is 238. The minimum atomic E-state index is 0.0226. The topological polar surface area (TPSA) is 35.2 Å². The van der Waals surface area contributed by atoms with Crippen molar-refractivity contribution >= 4 is 0 Å². The molecule has 3 aliphatic rings. The number of rotatable bonds is 0. The first-order valence-electron chi connectivity index (χ1n) is 5.57. The van der Waals surface area contributed by atoms with Gasteiger partial charge in [0, 0.05) is 6.04 Å². The first-order chi connectivity index (χ1) is 6.17. The monoisotopic (exact) mass is 181 g/mol. The van der Waals surface area contributed by atoms with Gasteiger partial charge in [0.2, 0.25) is 0 Å². The number of hydrogen-bond donors (Lipinski definition) is 1. The van der Waals surface area contributed by atoms with Gasteiger partial charge >= 0.3 is 0 Å². The molecule has 74 valence electrons. The molecule has 1 heterocycles. The van der Waals surface area contributed by atoms with E-state index in [0.717, 1.165) is 12.5 Å². The van der Waals surface area contributed by atoms with E-state index in [9.17, 15) is 0 Å². The molecular weight excluding hydrogens is 162 g/mol. The summed E-state index contributed by atoms with van der Waals surface area (Å²) in [7, 11) is 0. The van der Waals surface area contributed by atoms with Crippen LogP contribution in [0.4, 0.5) is 0 Å². The van der Waals surface area contributed by atoms with Gasteiger partial charge in [-0.25, -0.2) is 0 Å². The Balaban J connectivity index is 2.03. The SMILES string of the molecule is C[C@]12OC[C@@]3(CCC[C@@H]31)CC[C@@H]2N. The van der Waals surface area contributed by atoms with Gasteiger partial charge in [0.25, 0.3) is 0 Å². The van der Waals surface area contributed by atoms with E-state index in [1.54, 1.807) is 0 Å².